The van der Waals surface area contributed by atoms with E-state index in [0.29, 0.717) is 5.95 Å². The average Bonchev–Trinajstić information content (AvgIpc) is 2.92. The topological polar surface area (TPSA) is 62.3 Å². The van der Waals surface area contributed by atoms with Crippen LogP contribution in [-0.2, 0) is 0 Å². The van der Waals surface area contributed by atoms with Gasteiger partial charge in [0.2, 0.25) is 5.95 Å². The third kappa shape index (κ3) is 3.90. The average molecular weight is 373 g/mol. The summed E-state index contributed by atoms with van der Waals surface area (Å²) in [5.41, 5.74) is 5.74. The first-order valence-electron chi connectivity index (χ1n) is 7.32. The minimum absolute atomic E-state index is 0.139. The van der Waals surface area contributed by atoms with Crippen molar-refractivity contribution >= 4 is 39.1 Å². The zero-order valence-electron chi connectivity index (χ0n) is 12.9. The Kier molecular flexibility index (Phi) is 4.62. The van der Waals surface area contributed by atoms with Crippen LogP contribution in [0.1, 0.15) is 19.4 Å². The van der Waals surface area contributed by atoms with Crippen LogP contribution in [0.25, 0.3) is 11.0 Å². The summed E-state index contributed by atoms with van der Waals surface area (Å²) in [4.78, 5) is 7.56. The van der Waals surface area contributed by atoms with Crippen molar-refractivity contribution in [3.63, 3.8) is 0 Å². The van der Waals surface area contributed by atoms with Gasteiger partial charge in [0.25, 0.3) is 0 Å². The Balaban J connectivity index is 1.69. The Bertz CT molecular complexity index is 808. The molecule has 0 saturated heterocycles. The van der Waals surface area contributed by atoms with Crippen LogP contribution in [0.15, 0.2) is 52.0 Å². The number of aromatic amines is 1. The van der Waals surface area contributed by atoms with Crippen molar-refractivity contribution in [1.29, 1.82) is 0 Å². The summed E-state index contributed by atoms with van der Waals surface area (Å²) in [7, 11) is 0. The van der Waals surface area contributed by atoms with Gasteiger partial charge in [0.05, 0.1) is 27.8 Å². The molecule has 6 heteroatoms. The van der Waals surface area contributed by atoms with E-state index in [1.807, 2.05) is 56.3 Å². The van der Waals surface area contributed by atoms with Crippen LogP contribution in [-0.4, -0.2) is 22.3 Å². The fraction of sp³-hybridized carbons (Fsp3) is 0.176. The molecule has 0 aliphatic heterocycles. The number of rotatable bonds is 5. The number of para-hydroxylation sites is 2. The van der Waals surface area contributed by atoms with Crippen LogP contribution in [0.5, 0.6) is 5.75 Å². The van der Waals surface area contributed by atoms with Crippen LogP contribution >= 0.6 is 15.9 Å². The number of aromatic nitrogens is 2. The molecule has 118 valence electrons. The number of ether oxygens (including phenoxy) is 1. The first kappa shape index (κ1) is 15.6. The van der Waals surface area contributed by atoms with E-state index in [9.17, 15) is 0 Å². The van der Waals surface area contributed by atoms with E-state index in [-0.39, 0.29) is 6.10 Å². The first-order valence-corrected chi connectivity index (χ1v) is 8.11. The van der Waals surface area contributed by atoms with Gasteiger partial charge in [-0.2, -0.15) is 5.10 Å². The lowest BCUT2D eigenvalue weighted by molar-refractivity contribution is 0.241. The summed E-state index contributed by atoms with van der Waals surface area (Å²) in [5, 5.41) is 4.21. The molecule has 0 radical (unpaired) electrons. The lowest BCUT2D eigenvalue weighted by atomic mass is 10.2. The summed E-state index contributed by atoms with van der Waals surface area (Å²) < 4.78 is 6.59. The second-order valence-corrected chi connectivity index (χ2v) is 6.18. The lowest BCUT2D eigenvalue weighted by Gasteiger charge is -2.11. The van der Waals surface area contributed by atoms with Gasteiger partial charge >= 0.3 is 0 Å². The molecule has 0 atom stereocenters. The van der Waals surface area contributed by atoms with Gasteiger partial charge in [0, 0.05) is 0 Å². The van der Waals surface area contributed by atoms with E-state index in [1.54, 1.807) is 6.21 Å². The molecule has 1 heterocycles. The van der Waals surface area contributed by atoms with Gasteiger partial charge in [-0.15, -0.1) is 0 Å². The number of nitrogens with zero attached hydrogens (tertiary/aromatic N) is 2. The highest BCUT2D eigenvalue weighted by Crippen LogP contribution is 2.26. The summed E-state index contributed by atoms with van der Waals surface area (Å²) >= 11 is 3.51. The van der Waals surface area contributed by atoms with Crippen molar-refractivity contribution in [2.24, 2.45) is 5.10 Å². The zero-order chi connectivity index (χ0) is 16.2. The third-order valence-electron chi connectivity index (χ3n) is 3.09. The first-order chi connectivity index (χ1) is 11.1. The smallest absolute Gasteiger partial charge is 0.222 e. The number of fused-ring (bicyclic) bond motifs is 1. The number of H-pyrrole nitrogens is 1. The number of hydrogen-bond acceptors (Lipinski definition) is 4. The van der Waals surface area contributed by atoms with Crippen molar-refractivity contribution in [3.8, 4) is 5.75 Å². The predicted molar refractivity (Wildman–Crippen MR) is 97.2 cm³/mol. The summed E-state index contributed by atoms with van der Waals surface area (Å²) in [5.74, 6) is 1.43. The molecule has 0 saturated carbocycles. The van der Waals surface area contributed by atoms with E-state index in [2.05, 4.69) is 36.4 Å². The number of hydrazone groups is 1. The Morgan fingerprint density at radius 1 is 1.26 bits per heavy atom. The number of nitrogens with one attached hydrogen (secondary N) is 2. The third-order valence-corrected chi connectivity index (χ3v) is 3.71. The maximum Gasteiger partial charge on any atom is 0.222 e. The zero-order valence-corrected chi connectivity index (χ0v) is 14.5. The molecular weight excluding hydrogens is 356 g/mol. The second kappa shape index (κ2) is 6.83. The molecule has 2 aromatic carbocycles. The van der Waals surface area contributed by atoms with Crippen molar-refractivity contribution < 1.29 is 4.74 Å². The second-order valence-electron chi connectivity index (χ2n) is 5.33. The molecule has 0 bridgehead atoms. The number of benzene rings is 2. The Labute approximate surface area is 142 Å². The molecule has 0 amide bonds. The standard InChI is InChI=1S/C17H17BrN4O/c1-11(2)23-16-8-7-12(9-13(16)18)10-19-22-17-20-14-5-3-4-6-15(14)21-17/h3-11H,1-2H3,(H2,20,21,22)/b19-10-. The Morgan fingerprint density at radius 2 is 2.09 bits per heavy atom. The highest BCUT2D eigenvalue weighted by atomic mass is 79.9. The van der Waals surface area contributed by atoms with Gasteiger partial charge in [0.1, 0.15) is 5.75 Å². The molecule has 0 spiro atoms. The van der Waals surface area contributed by atoms with Gasteiger partial charge in [-0.3, -0.25) is 0 Å². The van der Waals surface area contributed by atoms with E-state index in [1.165, 1.54) is 0 Å². The number of halogens is 1. The van der Waals surface area contributed by atoms with Crippen LogP contribution in [0, 0.1) is 0 Å². The largest absolute Gasteiger partial charge is 0.490 e. The van der Waals surface area contributed by atoms with Gasteiger partial charge in [0.15, 0.2) is 0 Å². The van der Waals surface area contributed by atoms with E-state index in [4.69, 9.17) is 4.74 Å². The Hall–Kier alpha value is -2.34. The van der Waals surface area contributed by atoms with Crippen molar-refractivity contribution in [2.75, 3.05) is 5.43 Å². The molecule has 5 nitrogen and oxygen atoms in total. The summed E-state index contributed by atoms with van der Waals surface area (Å²) in [6, 6.07) is 13.7. The molecule has 1 aromatic heterocycles. The fourth-order valence-corrected chi connectivity index (χ4v) is 2.61. The minimum atomic E-state index is 0.139. The maximum atomic E-state index is 5.69. The Morgan fingerprint density at radius 3 is 2.83 bits per heavy atom. The van der Waals surface area contributed by atoms with Crippen molar-refractivity contribution in [2.45, 2.75) is 20.0 Å². The molecule has 2 N–H and O–H groups in total. The number of imidazole rings is 1. The fourth-order valence-electron chi connectivity index (χ4n) is 2.12. The SMILES string of the molecule is CC(C)Oc1ccc(/C=N\Nc2nc3ccccc3[nH]2)cc1Br. The molecule has 3 rings (SSSR count). The highest BCUT2D eigenvalue weighted by Gasteiger charge is 2.04. The predicted octanol–water partition coefficient (Wildman–Crippen LogP) is 4.56. The van der Waals surface area contributed by atoms with Crippen LogP contribution < -0.4 is 10.2 Å². The molecule has 23 heavy (non-hydrogen) atoms. The van der Waals surface area contributed by atoms with Gasteiger partial charge in [-0.05, 0) is 65.7 Å². The number of anilines is 1. The minimum Gasteiger partial charge on any atom is -0.490 e. The van der Waals surface area contributed by atoms with E-state index in [0.717, 1.165) is 26.8 Å². The van der Waals surface area contributed by atoms with Crippen molar-refractivity contribution in [3.05, 3.63) is 52.5 Å². The van der Waals surface area contributed by atoms with E-state index >= 15 is 0 Å². The molecular formula is C17H17BrN4O. The van der Waals surface area contributed by atoms with Crippen molar-refractivity contribution in [1.82, 2.24) is 9.97 Å². The molecule has 0 fully saturated rings. The van der Waals surface area contributed by atoms with Crippen LogP contribution in [0.2, 0.25) is 0 Å². The van der Waals surface area contributed by atoms with Crippen LogP contribution in [0.4, 0.5) is 5.95 Å². The summed E-state index contributed by atoms with van der Waals surface area (Å²) in [6.07, 6.45) is 1.87. The van der Waals surface area contributed by atoms with Gasteiger partial charge < -0.3 is 9.72 Å². The summed E-state index contributed by atoms with van der Waals surface area (Å²) in [6.45, 7) is 4.00. The van der Waals surface area contributed by atoms with Crippen LogP contribution in [0.3, 0.4) is 0 Å². The molecule has 0 aliphatic carbocycles. The normalized spacial score (nSPS) is 11.5. The number of hydrogen-bond donors (Lipinski definition) is 2. The molecule has 0 unspecified atom stereocenters. The molecule has 0 aliphatic rings. The maximum absolute atomic E-state index is 5.69. The highest BCUT2D eigenvalue weighted by molar-refractivity contribution is 9.10. The molecule has 3 aromatic rings. The van der Waals surface area contributed by atoms with E-state index < -0.39 is 0 Å². The van der Waals surface area contributed by atoms with Gasteiger partial charge in [-0.1, -0.05) is 12.1 Å². The monoisotopic (exact) mass is 372 g/mol. The van der Waals surface area contributed by atoms with Gasteiger partial charge in [-0.25, -0.2) is 10.4 Å². The lowest BCUT2D eigenvalue weighted by Crippen LogP contribution is -2.06. The quantitative estimate of drug-likeness (QED) is 0.509.